The lowest BCUT2D eigenvalue weighted by Crippen LogP contribution is -2.03. The van der Waals surface area contributed by atoms with Crippen LogP contribution in [0, 0.1) is 11.7 Å². The maximum absolute atomic E-state index is 5.33. The smallest absolute Gasteiger partial charge is 0.219 e. The molecule has 0 heterocycles. The van der Waals surface area contributed by atoms with Crippen LogP contribution in [0.2, 0.25) is 5.82 Å². The quantitative estimate of drug-likeness (QED) is 0.499. The van der Waals surface area contributed by atoms with Gasteiger partial charge >= 0.3 is 0 Å². The van der Waals surface area contributed by atoms with Crippen LogP contribution in [0.25, 0.3) is 0 Å². The number of hydrogen-bond donors (Lipinski definition) is 1. The average Bonchev–Trinajstić information content (AvgIpc) is 2.32. The van der Waals surface area contributed by atoms with E-state index in [9.17, 15) is 0 Å². The van der Waals surface area contributed by atoms with Gasteiger partial charge in [-0.3, -0.25) is 0 Å². The third-order valence-corrected chi connectivity index (χ3v) is 2.92. The molecule has 0 spiro atoms. The van der Waals surface area contributed by atoms with Crippen molar-refractivity contribution in [3.63, 3.8) is 0 Å². The molecule has 1 aliphatic carbocycles. The summed E-state index contributed by atoms with van der Waals surface area (Å²) in [6.45, 7) is 0.489. The fraction of sp³-hybridized carbons (Fsp3) is 0.833. The van der Waals surface area contributed by atoms with Crippen LogP contribution in [0.15, 0.2) is 0 Å². The highest BCUT2D eigenvalue weighted by Crippen LogP contribution is 2.24. The van der Waals surface area contributed by atoms with E-state index in [0.29, 0.717) is 6.54 Å². The Morgan fingerprint density at radius 2 is 1.57 bits per heavy atom. The van der Waals surface area contributed by atoms with E-state index in [2.05, 4.69) is 19.0 Å². The van der Waals surface area contributed by atoms with E-state index in [0.717, 1.165) is 5.82 Å². The van der Waals surface area contributed by atoms with E-state index in [4.69, 9.17) is 5.73 Å². The molecule has 2 N–H and O–H groups in total. The Hall–Kier alpha value is -0.415. The maximum Gasteiger partial charge on any atom is 0.219 e. The predicted molar refractivity (Wildman–Crippen MR) is 63.3 cm³/mol. The molecule has 2 heteroatoms. The first kappa shape index (κ1) is 11.7. The first-order valence-electron chi connectivity index (χ1n) is 5.95. The number of rotatable bonds is 1. The predicted octanol–water partition coefficient (Wildman–Crippen LogP) is 2.53. The van der Waals surface area contributed by atoms with Crippen LogP contribution in [0.3, 0.4) is 0 Å². The zero-order valence-electron chi connectivity index (χ0n) is 9.10. The van der Waals surface area contributed by atoms with Crippen LogP contribution in [0.4, 0.5) is 0 Å². The summed E-state index contributed by atoms with van der Waals surface area (Å²) in [5.74, 6) is 6.72. The molecule has 1 aliphatic rings. The SMILES string of the molecule is NCC#C[B]C1CCCCCCCC1. The molecule has 77 valence electrons. The van der Waals surface area contributed by atoms with Crippen molar-refractivity contribution in [3.8, 4) is 11.7 Å². The first-order valence-corrected chi connectivity index (χ1v) is 5.95. The molecule has 1 radical (unpaired) electrons. The summed E-state index contributed by atoms with van der Waals surface area (Å²) in [7, 11) is 2.18. The summed E-state index contributed by atoms with van der Waals surface area (Å²) in [6, 6.07) is 0. The summed E-state index contributed by atoms with van der Waals surface area (Å²) < 4.78 is 0. The van der Waals surface area contributed by atoms with Gasteiger partial charge in [-0.2, -0.15) is 5.82 Å². The molecule has 1 saturated carbocycles. The molecule has 0 aromatic rings. The van der Waals surface area contributed by atoms with Crippen molar-refractivity contribution >= 4 is 7.28 Å². The van der Waals surface area contributed by atoms with Crippen molar-refractivity contribution < 1.29 is 0 Å². The topological polar surface area (TPSA) is 26.0 Å². The Morgan fingerprint density at radius 1 is 1.00 bits per heavy atom. The molecule has 1 rings (SSSR count). The Balaban J connectivity index is 2.25. The van der Waals surface area contributed by atoms with Gasteiger partial charge in [0.15, 0.2) is 0 Å². The van der Waals surface area contributed by atoms with Crippen LogP contribution in [-0.2, 0) is 0 Å². The van der Waals surface area contributed by atoms with Crippen LogP contribution in [0.5, 0.6) is 0 Å². The van der Waals surface area contributed by atoms with Gasteiger partial charge in [-0.25, -0.2) is 0 Å². The zero-order chi connectivity index (χ0) is 10.1. The van der Waals surface area contributed by atoms with Gasteiger partial charge in [-0.15, -0.1) is 5.92 Å². The fourth-order valence-electron chi connectivity index (χ4n) is 2.07. The van der Waals surface area contributed by atoms with E-state index in [-0.39, 0.29) is 0 Å². The maximum atomic E-state index is 5.33. The van der Waals surface area contributed by atoms with Crippen molar-refractivity contribution in [2.75, 3.05) is 6.54 Å². The average molecular weight is 190 g/mol. The second-order valence-electron chi connectivity index (χ2n) is 4.15. The highest BCUT2D eigenvalue weighted by molar-refractivity contribution is 6.47. The van der Waals surface area contributed by atoms with Gasteiger partial charge in [0.1, 0.15) is 0 Å². The van der Waals surface area contributed by atoms with E-state index in [1.165, 1.54) is 51.4 Å². The number of hydrogen-bond acceptors (Lipinski definition) is 1. The van der Waals surface area contributed by atoms with Gasteiger partial charge < -0.3 is 5.73 Å². The monoisotopic (exact) mass is 190 g/mol. The fourth-order valence-corrected chi connectivity index (χ4v) is 2.07. The molecule has 0 aromatic carbocycles. The van der Waals surface area contributed by atoms with Crippen LogP contribution in [-0.4, -0.2) is 13.8 Å². The summed E-state index contributed by atoms with van der Waals surface area (Å²) in [6.07, 6.45) is 11.1. The molecule has 0 atom stereocenters. The lowest BCUT2D eigenvalue weighted by Gasteiger charge is -2.10. The summed E-state index contributed by atoms with van der Waals surface area (Å²) in [4.78, 5) is 0. The third-order valence-electron chi connectivity index (χ3n) is 2.92. The molecule has 1 fully saturated rings. The summed E-state index contributed by atoms with van der Waals surface area (Å²) >= 11 is 0. The van der Waals surface area contributed by atoms with E-state index < -0.39 is 0 Å². The minimum atomic E-state index is 0.489. The summed E-state index contributed by atoms with van der Waals surface area (Å²) in [5.41, 5.74) is 5.33. The van der Waals surface area contributed by atoms with Crippen molar-refractivity contribution in [1.29, 1.82) is 0 Å². The van der Waals surface area contributed by atoms with Crippen molar-refractivity contribution in [2.45, 2.75) is 57.2 Å². The molecule has 0 unspecified atom stereocenters. The molecule has 0 amide bonds. The molecular formula is C12H21BN. The van der Waals surface area contributed by atoms with Crippen LogP contribution < -0.4 is 5.73 Å². The molecular weight excluding hydrogens is 169 g/mol. The van der Waals surface area contributed by atoms with E-state index in [1.807, 2.05) is 0 Å². The Labute approximate surface area is 89.1 Å². The lowest BCUT2D eigenvalue weighted by atomic mass is 9.61. The molecule has 0 aliphatic heterocycles. The van der Waals surface area contributed by atoms with Crippen LogP contribution >= 0.6 is 0 Å². The molecule has 0 saturated heterocycles. The van der Waals surface area contributed by atoms with Gasteiger partial charge in [0, 0.05) is 0 Å². The van der Waals surface area contributed by atoms with Gasteiger partial charge in [0.25, 0.3) is 0 Å². The Bertz CT molecular complexity index is 182. The van der Waals surface area contributed by atoms with Crippen molar-refractivity contribution in [1.82, 2.24) is 0 Å². The first-order chi connectivity index (χ1) is 6.93. The van der Waals surface area contributed by atoms with Crippen LogP contribution in [0.1, 0.15) is 51.4 Å². The van der Waals surface area contributed by atoms with Gasteiger partial charge in [-0.1, -0.05) is 57.2 Å². The van der Waals surface area contributed by atoms with Gasteiger partial charge in [0.2, 0.25) is 7.28 Å². The second-order valence-corrected chi connectivity index (χ2v) is 4.15. The van der Waals surface area contributed by atoms with E-state index in [1.54, 1.807) is 0 Å². The lowest BCUT2D eigenvalue weighted by molar-refractivity contribution is 0.621. The minimum Gasteiger partial charge on any atom is -0.320 e. The molecule has 1 nitrogen and oxygen atoms in total. The van der Waals surface area contributed by atoms with Crippen molar-refractivity contribution in [2.24, 2.45) is 5.73 Å². The second kappa shape index (κ2) is 7.94. The third kappa shape index (κ3) is 5.34. The van der Waals surface area contributed by atoms with Gasteiger partial charge in [0.05, 0.1) is 6.54 Å². The highest BCUT2D eigenvalue weighted by atomic mass is 14.5. The molecule has 0 bridgehead atoms. The molecule has 0 aromatic heterocycles. The number of nitrogens with two attached hydrogens (primary N) is 1. The van der Waals surface area contributed by atoms with E-state index >= 15 is 0 Å². The minimum absolute atomic E-state index is 0.489. The Kier molecular flexibility index (Phi) is 6.61. The molecule has 14 heavy (non-hydrogen) atoms. The standard InChI is InChI=1S/C12H21BN/c14-11-7-10-13-12-8-5-3-1-2-4-6-9-12/h12H,1-6,8-9,11,14H2. The van der Waals surface area contributed by atoms with Gasteiger partial charge in [-0.05, 0) is 0 Å². The highest BCUT2D eigenvalue weighted by Gasteiger charge is 2.10. The summed E-state index contributed by atoms with van der Waals surface area (Å²) in [5, 5.41) is 0. The zero-order valence-corrected chi connectivity index (χ0v) is 9.10. The Morgan fingerprint density at radius 3 is 2.14 bits per heavy atom. The normalized spacial score (nSPS) is 19.8. The van der Waals surface area contributed by atoms with Crippen molar-refractivity contribution in [3.05, 3.63) is 0 Å². The largest absolute Gasteiger partial charge is 0.320 e.